The second kappa shape index (κ2) is 3.69. The van der Waals surface area contributed by atoms with E-state index in [-0.39, 0.29) is 6.61 Å². The minimum absolute atomic E-state index is 0.0299. The third kappa shape index (κ3) is 2.04. The molecule has 0 saturated heterocycles. The van der Waals surface area contributed by atoms with Crippen LogP contribution in [-0.4, -0.2) is 16.6 Å². The molecule has 0 aromatic carbocycles. The molecule has 0 spiro atoms. The summed E-state index contributed by atoms with van der Waals surface area (Å²) in [5.41, 5.74) is -2.24. The predicted octanol–water partition coefficient (Wildman–Crippen LogP) is 1.19. The van der Waals surface area contributed by atoms with Gasteiger partial charge in [-0.05, 0) is 6.92 Å². The fourth-order valence-corrected chi connectivity index (χ4v) is 0.867. The molecule has 0 atom stereocenters. The first kappa shape index (κ1) is 10.6. The number of nitrogens with zero attached hydrogens (tertiary/aromatic N) is 1. The van der Waals surface area contributed by atoms with Crippen LogP contribution in [0.15, 0.2) is 11.1 Å². The largest absolute Gasteiger partial charge is 0.487 e. The summed E-state index contributed by atoms with van der Waals surface area (Å²) in [7, 11) is 0. The number of aromatic nitrogens is 2. The van der Waals surface area contributed by atoms with Crippen LogP contribution < -0.4 is 10.3 Å². The minimum atomic E-state index is -4.68. The molecule has 0 bridgehead atoms. The third-order valence-corrected chi connectivity index (χ3v) is 1.37. The van der Waals surface area contributed by atoms with Gasteiger partial charge in [-0.1, -0.05) is 0 Å². The number of ether oxygens (including phenoxy) is 1. The van der Waals surface area contributed by atoms with E-state index in [2.05, 4.69) is 9.72 Å². The van der Waals surface area contributed by atoms with Crippen molar-refractivity contribution in [1.82, 2.24) is 9.97 Å². The lowest BCUT2D eigenvalue weighted by molar-refractivity contribution is -0.142. The minimum Gasteiger partial charge on any atom is -0.487 e. The lowest BCUT2D eigenvalue weighted by Gasteiger charge is -2.09. The standard InChI is InChI=1S/C7H7F3N2O2/c1-2-14-4-5(7(8,9)10)11-3-12-6(4)13/h3H,2H2,1H3,(H,11,12,13). The maximum Gasteiger partial charge on any atom is 0.437 e. The van der Waals surface area contributed by atoms with Gasteiger partial charge >= 0.3 is 6.18 Å². The van der Waals surface area contributed by atoms with Gasteiger partial charge in [0.05, 0.1) is 12.9 Å². The van der Waals surface area contributed by atoms with E-state index in [1.54, 1.807) is 0 Å². The Hall–Kier alpha value is -1.53. The second-order valence-corrected chi connectivity index (χ2v) is 2.34. The number of rotatable bonds is 2. The van der Waals surface area contributed by atoms with Crippen molar-refractivity contribution in [3.8, 4) is 5.75 Å². The van der Waals surface area contributed by atoms with Crippen molar-refractivity contribution in [3.63, 3.8) is 0 Å². The lowest BCUT2D eigenvalue weighted by Crippen LogP contribution is -2.20. The van der Waals surface area contributed by atoms with Crippen LogP contribution in [0.5, 0.6) is 5.75 Å². The Morgan fingerprint density at radius 1 is 1.57 bits per heavy atom. The van der Waals surface area contributed by atoms with Crippen LogP contribution in [0, 0.1) is 0 Å². The van der Waals surface area contributed by atoms with E-state index in [0.717, 1.165) is 0 Å². The molecule has 0 fully saturated rings. The summed E-state index contributed by atoms with van der Waals surface area (Å²) in [5.74, 6) is -0.789. The molecule has 0 aliphatic carbocycles. The molecule has 0 unspecified atom stereocenters. The summed E-state index contributed by atoms with van der Waals surface area (Å²) in [4.78, 5) is 16.0. The fourth-order valence-electron chi connectivity index (χ4n) is 0.867. The molecule has 7 heteroatoms. The van der Waals surface area contributed by atoms with E-state index in [1.165, 1.54) is 6.92 Å². The number of nitrogens with one attached hydrogen (secondary N) is 1. The molecule has 0 amide bonds. The predicted molar refractivity (Wildman–Crippen MR) is 41.0 cm³/mol. The Kier molecular flexibility index (Phi) is 2.78. The third-order valence-electron chi connectivity index (χ3n) is 1.37. The number of halogens is 3. The van der Waals surface area contributed by atoms with Gasteiger partial charge in [-0.15, -0.1) is 0 Å². The Balaban J connectivity index is 3.29. The number of aromatic amines is 1. The molecule has 1 aromatic heterocycles. The van der Waals surface area contributed by atoms with Crippen molar-refractivity contribution < 1.29 is 17.9 Å². The number of alkyl halides is 3. The van der Waals surface area contributed by atoms with Gasteiger partial charge in [0.15, 0.2) is 5.69 Å². The van der Waals surface area contributed by atoms with Crippen molar-refractivity contribution in [2.45, 2.75) is 13.1 Å². The molecule has 1 heterocycles. The Labute approximate surface area is 76.7 Å². The maximum absolute atomic E-state index is 12.3. The van der Waals surface area contributed by atoms with Crippen LogP contribution in [0.3, 0.4) is 0 Å². The molecule has 1 aromatic rings. The van der Waals surface area contributed by atoms with Gasteiger partial charge < -0.3 is 9.72 Å². The summed E-state index contributed by atoms with van der Waals surface area (Å²) >= 11 is 0. The first-order valence-corrected chi connectivity index (χ1v) is 3.74. The number of hydrogen-bond donors (Lipinski definition) is 1. The Bertz CT molecular complexity index is 372. The number of H-pyrrole nitrogens is 1. The molecule has 1 N–H and O–H groups in total. The van der Waals surface area contributed by atoms with E-state index in [1.807, 2.05) is 4.98 Å². The Morgan fingerprint density at radius 2 is 2.21 bits per heavy atom. The zero-order valence-corrected chi connectivity index (χ0v) is 7.18. The Morgan fingerprint density at radius 3 is 2.71 bits per heavy atom. The van der Waals surface area contributed by atoms with Crippen molar-refractivity contribution in [2.24, 2.45) is 0 Å². The van der Waals surface area contributed by atoms with Gasteiger partial charge in [-0.25, -0.2) is 4.98 Å². The fraction of sp³-hybridized carbons (Fsp3) is 0.429. The average molecular weight is 208 g/mol. The lowest BCUT2D eigenvalue weighted by atomic mass is 10.3. The van der Waals surface area contributed by atoms with Crippen LogP contribution in [-0.2, 0) is 6.18 Å². The van der Waals surface area contributed by atoms with Gasteiger partial charge in [0.1, 0.15) is 0 Å². The van der Waals surface area contributed by atoms with E-state index in [0.29, 0.717) is 6.33 Å². The molecule has 4 nitrogen and oxygen atoms in total. The average Bonchev–Trinajstić information content (AvgIpc) is 2.07. The summed E-state index contributed by atoms with van der Waals surface area (Å²) < 4.78 is 41.3. The maximum atomic E-state index is 12.3. The normalized spacial score (nSPS) is 11.4. The van der Waals surface area contributed by atoms with Crippen molar-refractivity contribution in [2.75, 3.05) is 6.61 Å². The molecule has 1 rings (SSSR count). The van der Waals surface area contributed by atoms with Crippen LogP contribution in [0.4, 0.5) is 13.2 Å². The quantitative estimate of drug-likeness (QED) is 0.794. The molecule has 0 aliphatic heterocycles. The first-order chi connectivity index (χ1) is 6.46. The highest BCUT2D eigenvalue weighted by atomic mass is 19.4. The van der Waals surface area contributed by atoms with Gasteiger partial charge in [0.2, 0.25) is 5.75 Å². The molecule has 78 valence electrons. The summed E-state index contributed by atoms with van der Waals surface area (Å²) in [6.45, 7) is 1.45. The van der Waals surface area contributed by atoms with E-state index >= 15 is 0 Å². The molecule has 0 aliphatic rings. The summed E-state index contributed by atoms with van der Waals surface area (Å²) in [5, 5.41) is 0. The second-order valence-electron chi connectivity index (χ2n) is 2.34. The van der Waals surface area contributed by atoms with Crippen molar-refractivity contribution in [1.29, 1.82) is 0 Å². The zero-order chi connectivity index (χ0) is 10.8. The van der Waals surface area contributed by atoms with Gasteiger partial charge in [0.25, 0.3) is 5.56 Å². The monoisotopic (exact) mass is 208 g/mol. The van der Waals surface area contributed by atoms with Crippen LogP contribution in [0.2, 0.25) is 0 Å². The highest BCUT2D eigenvalue weighted by Gasteiger charge is 2.37. The van der Waals surface area contributed by atoms with Gasteiger partial charge in [0, 0.05) is 0 Å². The van der Waals surface area contributed by atoms with Crippen molar-refractivity contribution in [3.05, 3.63) is 22.4 Å². The zero-order valence-electron chi connectivity index (χ0n) is 7.18. The molecular weight excluding hydrogens is 201 g/mol. The van der Waals surface area contributed by atoms with Gasteiger partial charge in [-0.3, -0.25) is 4.79 Å². The summed E-state index contributed by atoms with van der Waals surface area (Å²) in [6, 6.07) is 0. The topological polar surface area (TPSA) is 55.0 Å². The van der Waals surface area contributed by atoms with Crippen LogP contribution in [0.25, 0.3) is 0 Å². The van der Waals surface area contributed by atoms with Crippen LogP contribution in [0.1, 0.15) is 12.6 Å². The smallest absolute Gasteiger partial charge is 0.437 e. The SMILES string of the molecule is CCOc1c(C(F)(F)F)nc[nH]c1=O. The van der Waals surface area contributed by atoms with E-state index < -0.39 is 23.2 Å². The van der Waals surface area contributed by atoms with E-state index in [9.17, 15) is 18.0 Å². The highest BCUT2D eigenvalue weighted by Crippen LogP contribution is 2.31. The molecule has 0 radical (unpaired) electrons. The molecule has 14 heavy (non-hydrogen) atoms. The van der Waals surface area contributed by atoms with Crippen LogP contribution >= 0.6 is 0 Å². The summed E-state index contributed by atoms with van der Waals surface area (Å²) in [6.07, 6.45) is -3.99. The first-order valence-electron chi connectivity index (χ1n) is 3.74. The van der Waals surface area contributed by atoms with Gasteiger partial charge in [-0.2, -0.15) is 13.2 Å². The van der Waals surface area contributed by atoms with E-state index in [4.69, 9.17) is 0 Å². The number of hydrogen-bond acceptors (Lipinski definition) is 3. The highest BCUT2D eigenvalue weighted by molar-refractivity contribution is 5.26. The molecular formula is C7H7F3N2O2. The van der Waals surface area contributed by atoms with Crippen molar-refractivity contribution >= 4 is 0 Å². The molecule has 0 saturated carbocycles.